The highest BCUT2D eigenvalue weighted by molar-refractivity contribution is 9.10. The molecule has 0 atom stereocenters. The monoisotopic (exact) mass is 470 g/mol. The van der Waals surface area contributed by atoms with Crippen LogP contribution in [0, 0.1) is 11.6 Å². The Morgan fingerprint density at radius 3 is 2.32 bits per heavy atom. The van der Waals surface area contributed by atoms with E-state index in [1.807, 2.05) is 0 Å². The van der Waals surface area contributed by atoms with Gasteiger partial charge in [0.05, 0.1) is 10.6 Å². The summed E-state index contributed by atoms with van der Waals surface area (Å²) in [5.41, 5.74) is 0.741. The van der Waals surface area contributed by atoms with Crippen molar-refractivity contribution in [2.45, 2.75) is 12.8 Å². The maximum absolute atomic E-state index is 13.9. The molecular formula is C20H18BrClF2N2O2. The molecule has 0 radical (unpaired) electrons. The fraction of sp³-hybridized carbons (Fsp3) is 0.300. The summed E-state index contributed by atoms with van der Waals surface area (Å²) in [7, 11) is 0. The zero-order valence-electron chi connectivity index (χ0n) is 14.9. The first-order valence-corrected chi connectivity index (χ1v) is 9.98. The van der Waals surface area contributed by atoms with Gasteiger partial charge in [-0.1, -0.05) is 33.6 Å². The number of carbonyl (C=O) groups excluding carboxylic acids is 2. The Balaban J connectivity index is 1.53. The molecule has 1 fully saturated rings. The van der Waals surface area contributed by atoms with Gasteiger partial charge in [0.25, 0.3) is 5.91 Å². The summed E-state index contributed by atoms with van der Waals surface area (Å²) in [4.78, 5) is 28.2. The summed E-state index contributed by atoms with van der Waals surface area (Å²) >= 11 is 9.17. The minimum Gasteiger partial charge on any atom is -0.339 e. The van der Waals surface area contributed by atoms with Gasteiger partial charge in [-0.25, -0.2) is 8.78 Å². The normalized spacial score (nSPS) is 14.3. The standard InChI is InChI=1S/C20H18BrClF2N2O2/c21-14-3-1-13(18(24)11-14)2-6-19(27)25-7-9-26(10-8-25)20(28)16-5-4-15(23)12-17(16)22/h1,3-5,11-12H,2,6-10H2. The van der Waals surface area contributed by atoms with Crippen molar-refractivity contribution in [2.75, 3.05) is 26.2 Å². The van der Waals surface area contributed by atoms with Crippen LogP contribution < -0.4 is 0 Å². The Hall–Kier alpha value is -1.99. The number of hydrogen-bond acceptors (Lipinski definition) is 2. The molecule has 0 unspecified atom stereocenters. The van der Waals surface area contributed by atoms with Gasteiger partial charge in [0.15, 0.2) is 0 Å². The smallest absolute Gasteiger partial charge is 0.255 e. The lowest BCUT2D eigenvalue weighted by atomic mass is 10.1. The van der Waals surface area contributed by atoms with E-state index < -0.39 is 5.82 Å². The molecule has 2 aromatic rings. The van der Waals surface area contributed by atoms with Crippen LogP contribution in [0.3, 0.4) is 0 Å². The molecular weight excluding hydrogens is 454 g/mol. The van der Waals surface area contributed by atoms with E-state index in [1.54, 1.807) is 21.9 Å². The zero-order valence-corrected chi connectivity index (χ0v) is 17.3. The van der Waals surface area contributed by atoms with Crippen molar-refractivity contribution in [3.63, 3.8) is 0 Å². The quantitative estimate of drug-likeness (QED) is 0.667. The predicted molar refractivity (Wildman–Crippen MR) is 106 cm³/mol. The van der Waals surface area contributed by atoms with E-state index in [1.165, 1.54) is 18.2 Å². The topological polar surface area (TPSA) is 40.6 Å². The largest absolute Gasteiger partial charge is 0.339 e. The van der Waals surface area contributed by atoms with Gasteiger partial charge in [-0.3, -0.25) is 9.59 Å². The summed E-state index contributed by atoms with van der Waals surface area (Å²) in [5, 5.41) is 0.0695. The second-order valence-electron chi connectivity index (χ2n) is 6.53. The van der Waals surface area contributed by atoms with Crippen molar-refractivity contribution in [3.05, 3.63) is 68.7 Å². The Kier molecular flexibility index (Phi) is 6.67. The number of halogens is 4. The molecule has 0 bridgehead atoms. The van der Waals surface area contributed by atoms with Crippen LogP contribution in [-0.4, -0.2) is 47.8 Å². The molecule has 2 aromatic carbocycles. The molecule has 3 rings (SSSR count). The van der Waals surface area contributed by atoms with Gasteiger partial charge in [-0.05, 0) is 42.3 Å². The van der Waals surface area contributed by atoms with E-state index in [2.05, 4.69) is 15.9 Å². The maximum Gasteiger partial charge on any atom is 0.255 e. The number of nitrogens with zero attached hydrogens (tertiary/aromatic N) is 2. The molecule has 0 N–H and O–H groups in total. The van der Waals surface area contributed by atoms with Gasteiger partial charge in [0.1, 0.15) is 11.6 Å². The van der Waals surface area contributed by atoms with Gasteiger partial charge < -0.3 is 9.80 Å². The molecule has 4 nitrogen and oxygen atoms in total. The third kappa shape index (κ3) is 4.89. The first-order chi connectivity index (χ1) is 13.3. The number of amides is 2. The fourth-order valence-electron chi connectivity index (χ4n) is 3.12. The van der Waals surface area contributed by atoms with Gasteiger partial charge in [-0.2, -0.15) is 0 Å². The highest BCUT2D eigenvalue weighted by Gasteiger charge is 2.26. The fourth-order valence-corrected chi connectivity index (χ4v) is 3.70. The van der Waals surface area contributed by atoms with E-state index in [0.29, 0.717) is 42.6 Å². The molecule has 0 saturated carbocycles. The minimum absolute atomic E-state index is 0.0695. The highest BCUT2D eigenvalue weighted by Crippen LogP contribution is 2.20. The third-order valence-corrected chi connectivity index (χ3v) is 5.51. The third-order valence-electron chi connectivity index (χ3n) is 4.70. The van der Waals surface area contributed by atoms with E-state index >= 15 is 0 Å². The van der Waals surface area contributed by atoms with Crippen molar-refractivity contribution in [2.24, 2.45) is 0 Å². The van der Waals surface area contributed by atoms with Crippen molar-refractivity contribution >= 4 is 39.3 Å². The number of hydrogen-bond donors (Lipinski definition) is 0. The summed E-state index contributed by atoms with van der Waals surface area (Å²) < 4.78 is 27.7. The van der Waals surface area contributed by atoms with Crippen molar-refractivity contribution in [1.82, 2.24) is 9.80 Å². The van der Waals surface area contributed by atoms with E-state index in [0.717, 1.165) is 6.07 Å². The number of aryl methyl sites for hydroxylation is 1. The lowest BCUT2D eigenvalue weighted by Crippen LogP contribution is -2.50. The maximum atomic E-state index is 13.9. The molecule has 0 aromatic heterocycles. The van der Waals surface area contributed by atoms with E-state index in [4.69, 9.17) is 11.6 Å². The molecule has 0 spiro atoms. The zero-order chi connectivity index (χ0) is 20.3. The number of benzene rings is 2. The molecule has 8 heteroatoms. The van der Waals surface area contributed by atoms with Crippen molar-refractivity contribution < 1.29 is 18.4 Å². The predicted octanol–water partition coefficient (Wildman–Crippen LogP) is 4.30. The van der Waals surface area contributed by atoms with E-state index in [-0.39, 0.29) is 34.6 Å². The minimum atomic E-state index is -0.501. The summed E-state index contributed by atoms with van der Waals surface area (Å²) in [6, 6.07) is 8.45. The van der Waals surface area contributed by atoms with Crippen LogP contribution in [0.2, 0.25) is 5.02 Å². The second-order valence-corrected chi connectivity index (χ2v) is 7.86. The SMILES string of the molecule is O=C(CCc1ccc(Br)cc1F)N1CCN(C(=O)c2ccc(F)cc2Cl)CC1. The first kappa shape index (κ1) is 20.7. The van der Waals surface area contributed by atoms with Crippen LogP contribution in [0.25, 0.3) is 0 Å². The van der Waals surface area contributed by atoms with Crippen LogP contribution in [0.15, 0.2) is 40.9 Å². The molecule has 1 aliphatic heterocycles. The second kappa shape index (κ2) is 9.01. The van der Waals surface area contributed by atoms with Crippen LogP contribution in [0.5, 0.6) is 0 Å². The number of carbonyl (C=O) groups is 2. The average molecular weight is 472 g/mol. The Labute approximate surface area is 175 Å². The van der Waals surface area contributed by atoms with Crippen LogP contribution in [0.4, 0.5) is 8.78 Å². The Morgan fingerprint density at radius 2 is 1.68 bits per heavy atom. The summed E-state index contributed by atoms with van der Waals surface area (Å²) in [5.74, 6) is -1.20. The molecule has 1 heterocycles. The van der Waals surface area contributed by atoms with Crippen LogP contribution >= 0.6 is 27.5 Å². The van der Waals surface area contributed by atoms with Crippen molar-refractivity contribution in [3.8, 4) is 0 Å². The van der Waals surface area contributed by atoms with Gasteiger partial charge in [0.2, 0.25) is 5.91 Å². The first-order valence-electron chi connectivity index (χ1n) is 8.81. The molecule has 148 valence electrons. The lowest BCUT2D eigenvalue weighted by Gasteiger charge is -2.35. The van der Waals surface area contributed by atoms with E-state index in [9.17, 15) is 18.4 Å². The highest BCUT2D eigenvalue weighted by atomic mass is 79.9. The molecule has 28 heavy (non-hydrogen) atoms. The van der Waals surface area contributed by atoms with Gasteiger partial charge >= 0.3 is 0 Å². The van der Waals surface area contributed by atoms with Gasteiger partial charge in [0, 0.05) is 37.1 Å². The molecule has 0 aliphatic carbocycles. The lowest BCUT2D eigenvalue weighted by molar-refractivity contribution is -0.132. The Morgan fingerprint density at radius 1 is 1.00 bits per heavy atom. The average Bonchev–Trinajstić information content (AvgIpc) is 2.67. The molecule has 1 aliphatic rings. The number of rotatable bonds is 4. The Bertz CT molecular complexity index is 902. The summed E-state index contributed by atoms with van der Waals surface area (Å²) in [6.07, 6.45) is 0.526. The molecule has 1 saturated heterocycles. The van der Waals surface area contributed by atoms with Gasteiger partial charge in [-0.15, -0.1) is 0 Å². The summed E-state index contributed by atoms with van der Waals surface area (Å²) in [6.45, 7) is 1.52. The molecule has 2 amide bonds. The number of piperazine rings is 1. The van der Waals surface area contributed by atoms with Crippen LogP contribution in [-0.2, 0) is 11.2 Å². The van der Waals surface area contributed by atoms with Crippen molar-refractivity contribution in [1.29, 1.82) is 0 Å². The van der Waals surface area contributed by atoms with Crippen LogP contribution in [0.1, 0.15) is 22.3 Å².